The molecule has 2 fully saturated rings. The highest BCUT2D eigenvalue weighted by Crippen LogP contribution is 2.14. The van der Waals surface area contributed by atoms with Gasteiger partial charge in [-0.3, -0.25) is 0 Å². The van der Waals surface area contributed by atoms with E-state index >= 15 is 0 Å². The number of ether oxygens (including phenoxy) is 1. The highest BCUT2D eigenvalue weighted by Gasteiger charge is 2.25. The first-order chi connectivity index (χ1) is 10.1. The van der Waals surface area contributed by atoms with Crippen LogP contribution >= 0.6 is 0 Å². The van der Waals surface area contributed by atoms with Crippen molar-refractivity contribution >= 4 is 6.03 Å². The summed E-state index contributed by atoms with van der Waals surface area (Å²) in [5.41, 5.74) is 0. The number of piperidine rings is 1. The van der Waals surface area contributed by atoms with Crippen LogP contribution in [0, 0.1) is 0 Å². The SMILES string of the molecule is C[C@@H]1CN(C(=O)NCC[C@@H](C)N2CCCCC2)C[C@H](C)O1. The molecule has 0 bridgehead atoms. The lowest BCUT2D eigenvalue weighted by Gasteiger charge is -2.35. The maximum atomic E-state index is 12.2. The summed E-state index contributed by atoms with van der Waals surface area (Å²) in [7, 11) is 0. The number of likely N-dealkylation sites (tertiary alicyclic amines) is 1. The zero-order valence-electron chi connectivity index (χ0n) is 13.8. The third kappa shape index (κ3) is 5.15. The van der Waals surface area contributed by atoms with Crippen LogP contribution in [-0.4, -0.2) is 66.8 Å². The molecule has 5 heteroatoms. The fraction of sp³-hybridized carbons (Fsp3) is 0.938. The predicted octanol–water partition coefficient (Wildman–Crippen LogP) is 2.07. The minimum atomic E-state index is 0.0582. The van der Waals surface area contributed by atoms with E-state index in [1.165, 1.54) is 32.4 Å². The molecule has 2 aliphatic rings. The molecule has 0 unspecified atom stereocenters. The summed E-state index contributed by atoms with van der Waals surface area (Å²) in [6.45, 7) is 10.9. The topological polar surface area (TPSA) is 44.8 Å². The minimum Gasteiger partial charge on any atom is -0.372 e. The smallest absolute Gasteiger partial charge is 0.317 e. The predicted molar refractivity (Wildman–Crippen MR) is 84.5 cm³/mol. The van der Waals surface area contributed by atoms with Crippen LogP contribution in [-0.2, 0) is 4.74 Å². The summed E-state index contributed by atoms with van der Waals surface area (Å²) in [4.78, 5) is 16.6. The van der Waals surface area contributed by atoms with Gasteiger partial charge in [0.05, 0.1) is 12.2 Å². The molecule has 0 aliphatic carbocycles. The average Bonchev–Trinajstić information content (AvgIpc) is 2.47. The minimum absolute atomic E-state index is 0.0582. The fourth-order valence-corrected chi connectivity index (χ4v) is 3.39. The summed E-state index contributed by atoms with van der Waals surface area (Å²) in [6.07, 6.45) is 5.30. The number of carbonyl (C=O) groups excluding carboxylic acids is 1. The monoisotopic (exact) mass is 297 g/mol. The molecule has 21 heavy (non-hydrogen) atoms. The zero-order valence-corrected chi connectivity index (χ0v) is 13.8. The van der Waals surface area contributed by atoms with Crippen molar-refractivity contribution in [3.05, 3.63) is 0 Å². The molecule has 0 saturated carbocycles. The van der Waals surface area contributed by atoms with E-state index in [0.29, 0.717) is 19.1 Å². The Bertz CT molecular complexity index is 321. The van der Waals surface area contributed by atoms with Gasteiger partial charge in [-0.2, -0.15) is 0 Å². The van der Waals surface area contributed by atoms with E-state index in [9.17, 15) is 4.79 Å². The average molecular weight is 297 g/mol. The van der Waals surface area contributed by atoms with Crippen molar-refractivity contribution in [2.75, 3.05) is 32.7 Å². The van der Waals surface area contributed by atoms with Crippen LogP contribution in [0.4, 0.5) is 4.79 Å². The summed E-state index contributed by atoms with van der Waals surface area (Å²) in [6, 6.07) is 0.621. The molecule has 3 atom stereocenters. The molecular formula is C16H31N3O2. The van der Waals surface area contributed by atoms with Gasteiger partial charge in [0, 0.05) is 25.7 Å². The van der Waals surface area contributed by atoms with Crippen molar-refractivity contribution in [3.8, 4) is 0 Å². The van der Waals surface area contributed by atoms with Crippen molar-refractivity contribution in [1.82, 2.24) is 15.1 Å². The first kappa shape index (κ1) is 16.6. The van der Waals surface area contributed by atoms with E-state index in [1.807, 2.05) is 18.7 Å². The number of hydrogen-bond acceptors (Lipinski definition) is 3. The molecule has 0 aromatic heterocycles. The molecule has 1 N–H and O–H groups in total. The molecule has 0 aromatic carbocycles. The Hall–Kier alpha value is -0.810. The van der Waals surface area contributed by atoms with Gasteiger partial charge in [-0.25, -0.2) is 4.79 Å². The van der Waals surface area contributed by atoms with Crippen LogP contribution in [0.3, 0.4) is 0 Å². The fourth-order valence-electron chi connectivity index (χ4n) is 3.39. The molecule has 2 rings (SSSR count). The molecule has 2 amide bonds. The van der Waals surface area contributed by atoms with Crippen LogP contribution in [0.5, 0.6) is 0 Å². The van der Waals surface area contributed by atoms with Crippen LogP contribution in [0.2, 0.25) is 0 Å². The zero-order chi connectivity index (χ0) is 15.2. The van der Waals surface area contributed by atoms with Gasteiger partial charge in [0.1, 0.15) is 0 Å². The van der Waals surface area contributed by atoms with E-state index in [1.54, 1.807) is 0 Å². The van der Waals surface area contributed by atoms with Gasteiger partial charge in [0.2, 0.25) is 0 Å². The van der Waals surface area contributed by atoms with Crippen LogP contribution in [0.25, 0.3) is 0 Å². The van der Waals surface area contributed by atoms with Gasteiger partial charge in [-0.1, -0.05) is 6.42 Å². The first-order valence-corrected chi connectivity index (χ1v) is 8.48. The summed E-state index contributed by atoms with van der Waals surface area (Å²) in [5, 5.41) is 3.07. The molecule has 0 aromatic rings. The Kier molecular flexibility index (Phi) is 6.30. The van der Waals surface area contributed by atoms with Gasteiger partial charge < -0.3 is 19.9 Å². The summed E-state index contributed by atoms with van der Waals surface area (Å²) < 4.78 is 5.66. The normalized spacial score (nSPS) is 29.2. The third-order valence-corrected chi connectivity index (χ3v) is 4.56. The summed E-state index contributed by atoms with van der Waals surface area (Å²) >= 11 is 0. The van der Waals surface area contributed by atoms with E-state index < -0.39 is 0 Å². The van der Waals surface area contributed by atoms with Crippen LogP contribution in [0.1, 0.15) is 46.5 Å². The van der Waals surface area contributed by atoms with Gasteiger partial charge >= 0.3 is 6.03 Å². The molecule has 2 aliphatic heterocycles. The lowest BCUT2D eigenvalue weighted by Crippen LogP contribution is -2.52. The molecule has 2 heterocycles. The van der Waals surface area contributed by atoms with Crippen molar-refractivity contribution in [3.63, 3.8) is 0 Å². The van der Waals surface area contributed by atoms with Crippen molar-refractivity contribution < 1.29 is 9.53 Å². The molecular weight excluding hydrogens is 266 g/mol. The Morgan fingerprint density at radius 1 is 1.19 bits per heavy atom. The number of urea groups is 1. The van der Waals surface area contributed by atoms with Crippen LogP contribution < -0.4 is 5.32 Å². The number of hydrogen-bond donors (Lipinski definition) is 1. The van der Waals surface area contributed by atoms with E-state index in [2.05, 4.69) is 17.1 Å². The van der Waals surface area contributed by atoms with Gasteiger partial charge in [-0.05, 0) is 53.1 Å². The number of amides is 2. The van der Waals surface area contributed by atoms with Crippen molar-refractivity contribution in [2.45, 2.75) is 64.7 Å². The molecule has 2 saturated heterocycles. The highest BCUT2D eigenvalue weighted by atomic mass is 16.5. The lowest BCUT2D eigenvalue weighted by molar-refractivity contribution is -0.0545. The first-order valence-electron chi connectivity index (χ1n) is 8.48. The Morgan fingerprint density at radius 3 is 2.43 bits per heavy atom. The second-order valence-corrected chi connectivity index (χ2v) is 6.63. The summed E-state index contributed by atoms with van der Waals surface area (Å²) in [5.74, 6) is 0. The quantitative estimate of drug-likeness (QED) is 0.864. The lowest BCUT2D eigenvalue weighted by atomic mass is 10.1. The van der Waals surface area contributed by atoms with E-state index in [0.717, 1.165) is 13.0 Å². The maximum Gasteiger partial charge on any atom is 0.317 e. The van der Waals surface area contributed by atoms with E-state index in [-0.39, 0.29) is 18.2 Å². The second kappa shape index (κ2) is 7.99. The van der Waals surface area contributed by atoms with Gasteiger partial charge in [0.15, 0.2) is 0 Å². The van der Waals surface area contributed by atoms with Crippen molar-refractivity contribution in [1.29, 1.82) is 0 Å². The standard InChI is InChI=1S/C16H31N3O2/c1-13(18-9-5-4-6-10-18)7-8-17-16(20)19-11-14(2)21-15(3)12-19/h13-15H,4-12H2,1-3H3,(H,17,20)/t13-,14-,15+/m1/s1. The van der Waals surface area contributed by atoms with Crippen molar-refractivity contribution in [2.24, 2.45) is 0 Å². The molecule has 0 spiro atoms. The number of carbonyl (C=O) groups is 1. The second-order valence-electron chi connectivity index (χ2n) is 6.63. The number of nitrogens with one attached hydrogen (secondary N) is 1. The Labute approximate surface area is 129 Å². The van der Waals surface area contributed by atoms with E-state index in [4.69, 9.17) is 4.74 Å². The van der Waals surface area contributed by atoms with Gasteiger partial charge in [0.25, 0.3) is 0 Å². The molecule has 5 nitrogen and oxygen atoms in total. The Morgan fingerprint density at radius 2 is 1.81 bits per heavy atom. The van der Waals surface area contributed by atoms with Crippen LogP contribution in [0.15, 0.2) is 0 Å². The number of nitrogens with zero attached hydrogens (tertiary/aromatic N) is 2. The molecule has 0 radical (unpaired) electrons. The number of rotatable bonds is 4. The number of morpholine rings is 1. The Balaban J connectivity index is 1.66. The molecule has 122 valence electrons. The maximum absolute atomic E-state index is 12.2. The third-order valence-electron chi connectivity index (χ3n) is 4.56. The van der Waals surface area contributed by atoms with Gasteiger partial charge in [-0.15, -0.1) is 0 Å². The highest BCUT2D eigenvalue weighted by molar-refractivity contribution is 5.74. The largest absolute Gasteiger partial charge is 0.372 e.